The molecule has 2 heterocycles. The Morgan fingerprint density at radius 2 is 1.92 bits per heavy atom. The van der Waals surface area contributed by atoms with Crippen LogP contribution in [0.5, 0.6) is 0 Å². The molecule has 128 valence electrons. The first-order chi connectivity index (χ1) is 12.2. The molecule has 0 saturated carbocycles. The van der Waals surface area contributed by atoms with E-state index in [-0.39, 0.29) is 6.03 Å². The van der Waals surface area contributed by atoms with Gasteiger partial charge in [-0.1, -0.05) is 30.3 Å². The van der Waals surface area contributed by atoms with Gasteiger partial charge in [0.05, 0.1) is 0 Å². The Balaban J connectivity index is 1.40. The molecule has 0 spiro atoms. The monoisotopic (exact) mass is 333 g/mol. The molecule has 3 aromatic rings. The third kappa shape index (κ3) is 3.25. The molecule has 0 bridgehead atoms. The van der Waals surface area contributed by atoms with Gasteiger partial charge in [0, 0.05) is 35.9 Å². The van der Waals surface area contributed by atoms with E-state index in [0.717, 1.165) is 37.2 Å². The highest BCUT2D eigenvalue weighted by molar-refractivity contribution is 5.89. The zero-order valence-electron chi connectivity index (χ0n) is 14.5. The highest BCUT2D eigenvalue weighted by Gasteiger charge is 2.25. The molecule has 4 heteroatoms. The van der Waals surface area contributed by atoms with Crippen molar-refractivity contribution in [3.05, 3.63) is 65.9 Å². The van der Waals surface area contributed by atoms with Crippen molar-refractivity contribution in [1.29, 1.82) is 0 Å². The average molecular weight is 333 g/mol. The van der Waals surface area contributed by atoms with Gasteiger partial charge in [-0.05, 0) is 55.0 Å². The molecule has 0 radical (unpaired) electrons. The second-order valence-corrected chi connectivity index (χ2v) is 6.85. The second-order valence-electron chi connectivity index (χ2n) is 6.85. The summed E-state index contributed by atoms with van der Waals surface area (Å²) in [4.78, 5) is 17.8. The lowest BCUT2D eigenvalue weighted by Gasteiger charge is -2.32. The Morgan fingerprint density at radius 3 is 2.72 bits per heavy atom. The van der Waals surface area contributed by atoms with Crippen molar-refractivity contribution in [1.82, 2.24) is 9.88 Å². The van der Waals surface area contributed by atoms with E-state index < -0.39 is 0 Å². The molecule has 2 amide bonds. The van der Waals surface area contributed by atoms with Gasteiger partial charge in [-0.25, -0.2) is 4.79 Å². The Labute approximate surface area is 147 Å². The number of rotatable bonds is 2. The van der Waals surface area contributed by atoms with E-state index >= 15 is 0 Å². The number of aryl methyl sites for hydroxylation is 1. The summed E-state index contributed by atoms with van der Waals surface area (Å²) in [5.41, 5.74) is 4.59. The minimum absolute atomic E-state index is 0.00276. The molecule has 25 heavy (non-hydrogen) atoms. The van der Waals surface area contributed by atoms with E-state index in [2.05, 4.69) is 40.8 Å². The van der Waals surface area contributed by atoms with Gasteiger partial charge in [-0.2, -0.15) is 0 Å². The van der Waals surface area contributed by atoms with Crippen LogP contribution in [0.15, 0.2) is 54.7 Å². The van der Waals surface area contributed by atoms with Crippen molar-refractivity contribution >= 4 is 22.6 Å². The molecular formula is C21H23N3O. The van der Waals surface area contributed by atoms with Crippen molar-refractivity contribution in [2.45, 2.75) is 25.7 Å². The number of fused-ring (bicyclic) bond motifs is 1. The Hall–Kier alpha value is -2.75. The van der Waals surface area contributed by atoms with Gasteiger partial charge in [-0.15, -0.1) is 0 Å². The average Bonchev–Trinajstić information content (AvgIpc) is 3.06. The smallest absolute Gasteiger partial charge is 0.321 e. The summed E-state index contributed by atoms with van der Waals surface area (Å²) in [6, 6.07) is 16.4. The molecule has 0 atom stereocenters. The summed E-state index contributed by atoms with van der Waals surface area (Å²) >= 11 is 0. The van der Waals surface area contributed by atoms with Crippen LogP contribution in [0.2, 0.25) is 0 Å². The van der Waals surface area contributed by atoms with Crippen LogP contribution in [0.3, 0.4) is 0 Å². The fourth-order valence-corrected chi connectivity index (χ4v) is 3.75. The number of aromatic nitrogens is 1. The number of urea groups is 1. The first-order valence-corrected chi connectivity index (χ1v) is 8.89. The minimum atomic E-state index is 0.00276. The lowest BCUT2D eigenvalue weighted by molar-refractivity contribution is 0.195. The Morgan fingerprint density at radius 1 is 1.12 bits per heavy atom. The molecule has 1 aromatic heterocycles. The van der Waals surface area contributed by atoms with Crippen molar-refractivity contribution in [2.75, 3.05) is 18.4 Å². The number of nitrogens with one attached hydrogen (secondary N) is 2. The number of aromatic amines is 1. The molecule has 0 unspecified atom stereocenters. The summed E-state index contributed by atoms with van der Waals surface area (Å²) in [7, 11) is 0. The van der Waals surface area contributed by atoms with Crippen molar-refractivity contribution in [3.8, 4) is 0 Å². The number of likely N-dealkylation sites (tertiary alicyclic amines) is 1. The zero-order valence-corrected chi connectivity index (χ0v) is 14.5. The molecule has 1 aliphatic heterocycles. The van der Waals surface area contributed by atoms with E-state index in [4.69, 9.17) is 0 Å². The number of piperidine rings is 1. The third-order valence-corrected chi connectivity index (χ3v) is 5.11. The van der Waals surface area contributed by atoms with Crippen LogP contribution in [0.4, 0.5) is 10.5 Å². The molecule has 2 aromatic carbocycles. The number of carbonyl (C=O) groups is 1. The standard InChI is InChI=1S/C21H23N3O/c1-15-5-4-6-17(13-15)23-21(25)24-11-9-16(10-12-24)19-14-22-20-8-3-2-7-18(19)20/h2-8,13-14,16,22H,9-12H2,1H3,(H,23,25). The summed E-state index contributed by atoms with van der Waals surface area (Å²) in [6.45, 7) is 3.62. The van der Waals surface area contributed by atoms with Gasteiger partial charge < -0.3 is 15.2 Å². The maximum atomic E-state index is 12.5. The SMILES string of the molecule is Cc1cccc(NC(=O)N2CCC(c3c[nH]c4ccccc34)CC2)c1. The highest BCUT2D eigenvalue weighted by Crippen LogP contribution is 2.33. The predicted octanol–water partition coefficient (Wildman–Crippen LogP) is 4.89. The quantitative estimate of drug-likeness (QED) is 0.689. The normalized spacial score (nSPS) is 15.5. The predicted molar refractivity (Wildman–Crippen MR) is 102 cm³/mol. The van der Waals surface area contributed by atoms with E-state index in [1.165, 1.54) is 16.5 Å². The van der Waals surface area contributed by atoms with Gasteiger partial charge >= 0.3 is 6.03 Å². The second kappa shape index (κ2) is 6.63. The number of para-hydroxylation sites is 1. The minimum Gasteiger partial charge on any atom is -0.361 e. The topological polar surface area (TPSA) is 48.1 Å². The van der Waals surface area contributed by atoms with Crippen LogP contribution < -0.4 is 5.32 Å². The maximum absolute atomic E-state index is 12.5. The molecular weight excluding hydrogens is 310 g/mol. The third-order valence-electron chi connectivity index (χ3n) is 5.11. The van der Waals surface area contributed by atoms with Gasteiger partial charge in [0.1, 0.15) is 0 Å². The van der Waals surface area contributed by atoms with E-state index in [0.29, 0.717) is 5.92 Å². The lowest BCUT2D eigenvalue weighted by Crippen LogP contribution is -2.40. The van der Waals surface area contributed by atoms with Gasteiger partial charge in [0.2, 0.25) is 0 Å². The van der Waals surface area contributed by atoms with Crippen molar-refractivity contribution < 1.29 is 4.79 Å². The van der Waals surface area contributed by atoms with Crippen LogP contribution in [0.1, 0.15) is 29.9 Å². The highest BCUT2D eigenvalue weighted by atomic mass is 16.2. The molecule has 1 saturated heterocycles. The summed E-state index contributed by atoms with van der Waals surface area (Å²) in [5, 5.41) is 4.32. The summed E-state index contributed by atoms with van der Waals surface area (Å²) in [6.07, 6.45) is 4.14. The molecule has 1 fully saturated rings. The number of hydrogen-bond acceptors (Lipinski definition) is 1. The molecule has 1 aliphatic rings. The number of anilines is 1. The van der Waals surface area contributed by atoms with Gasteiger partial charge in [0.25, 0.3) is 0 Å². The number of hydrogen-bond donors (Lipinski definition) is 2. The lowest BCUT2D eigenvalue weighted by atomic mass is 9.89. The van der Waals surface area contributed by atoms with Crippen LogP contribution in [-0.2, 0) is 0 Å². The number of carbonyl (C=O) groups excluding carboxylic acids is 1. The first-order valence-electron chi connectivity index (χ1n) is 8.89. The first kappa shape index (κ1) is 15.8. The number of H-pyrrole nitrogens is 1. The molecule has 4 nitrogen and oxygen atoms in total. The maximum Gasteiger partial charge on any atom is 0.321 e. The number of benzene rings is 2. The Bertz CT molecular complexity index is 891. The van der Waals surface area contributed by atoms with E-state index in [1.54, 1.807) is 0 Å². The summed E-state index contributed by atoms with van der Waals surface area (Å²) < 4.78 is 0. The van der Waals surface area contributed by atoms with Crippen LogP contribution in [-0.4, -0.2) is 29.0 Å². The van der Waals surface area contributed by atoms with Crippen molar-refractivity contribution in [2.24, 2.45) is 0 Å². The van der Waals surface area contributed by atoms with Crippen molar-refractivity contribution in [3.63, 3.8) is 0 Å². The van der Waals surface area contributed by atoms with Crippen LogP contribution in [0.25, 0.3) is 10.9 Å². The van der Waals surface area contributed by atoms with Crippen LogP contribution in [0, 0.1) is 6.92 Å². The summed E-state index contributed by atoms with van der Waals surface area (Å²) in [5.74, 6) is 0.513. The molecule has 2 N–H and O–H groups in total. The largest absolute Gasteiger partial charge is 0.361 e. The fraction of sp³-hybridized carbons (Fsp3) is 0.286. The fourth-order valence-electron chi connectivity index (χ4n) is 3.75. The zero-order chi connectivity index (χ0) is 17.2. The molecule has 0 aliphatic carbocycles. The van der Waals surface area contributed by atoms with Crippen LogP contribution >= 0.6 is 0 Å². The van der Waals surface area contributed by atoms with Gasteiger partial charge in [-0.3, -0.25) is 0 Å². The molecule has 4 rings (SSSR count). The Kier molecular flexibility index (Phi) is 4.18. The van der Waals surface area contributed by atoms with Gasteiger partial charge in [0.15, 0.2) is 0 Å². The number of nitrogens with zero attached hydrogens (tertiary/aromatic N) is 1. The number of amides is 2. The van der Waals surface area contributed by atoms with E-state index in [1.807, 2.05) is 36.1 Å². The van der Waals surface area contributed by atoms with E-state index in [9.17, 15) is 4.79 Å².